The minimum Gasteiger partial charge on any atom is -0.309 e. The van der Waals surface area contributed by atoms with Crippen molar-refractivity contribution >= 4 is 11.8 Å². The Bertz CT molecular complexity index is 475. The lowest BCUT2D eigenvalue weighted by molar-refractivity contribution is 0.547. The average molecular weight is 273 g/mol. The second-order valence-electron chi connectivity index (χ2n) is 4.32. The summed E-state index contributed by atoms with van der Waals surface area (Å²) in [6.07, 6.45) is 3.38. The first-order valence-corrected chi connectivity index (χ1v) is 7.40. The van der Waals surface area contributed by atoms with Gasteiger partial charge in [-0.1, -0.05) is 44.2 Å². The van der Waals surface area contributed by atoms with Gasteiger partial charge in [0, 0.05) is 17.5 Å². The van der Waals surface area contributed by atoms with Gasteiger partial charge in [0.1, 0.15) is 6.33 Å². The van der Waals surface area contributed by atoms with Gasteiger partial charge < -0.3 is 5.32 Å². The maximum atomic E-state index is 4.28. The molecule has 1 aromatic heterocycles. The maximum absolute atomic E-state index is 4.28. The van der Waals surface area contributed by atoms with Crippen molar-refractivity contribution in [3.8, 4) is 0 Å². The number of nitrogens with zero attached hydrogens (tertiary/aromatic N) is 2. The van der Waals surface area contributed by atoms with Crippen LogP contribution in [0.5, 0.6) is 0 Å². The summed E-state index contributed by atoms with van der Waals surface area (Å²) in [5, 5.41) is 4.97. The minimum atomic E-state index is 0.325. The highest BCUT2D eigenvalue weighted by Gasteiger charge is 2.19. The van der Waals surface area contributed by atoms with Crippen molar-refractivity contribution in [3.05, 3.63) is 54.5 Å². The van der Waals surface area contributed by atoms with E-state index in [4.69, 9.17) is 0 Å². The van der Waals surface area contributed by atoms with Gasteiger partial charge in [0.15, 0.2) is 0 Å². The van der Waals surface area contributed by atoms with E-state index in [0.717, 1.165) is 11.6 Å². The van der Waals surface area contributed by atoms with E-state index in [1.54, 1.807) is 24.3 Å². The Morgan fingerprint density at radius 2 is 2.00 bits per heavy atom. The smallest absolute Gasteiger partial charge is 0.116 e. The molecule has 0 aliphatic heterocycles. The molecule has 1 heterocycles. The zero-order chi connectivity index (χ0) is 13.5. The lowest BCUT2D eigenvalue weighted by Gasteiger charge is -2.24. The molecule has 0 saturated heterocycles. The van der Waals surface area contributed by atoms with Crippen LogP contribution >= 0.6 is 11.8 Å². The molecule has 0 spiro atoms. The number of hydrogen-bond acceptors (Lipinski definition) is 4. The number of nitrogens with one attached hydrogen (secondary N) is 1. The third-order valence-electron chi connectivity index (χ3n) is 2.91. The Morgan fingerprint density at radius 3 is 2.63 bits per heavy atom. The molecule has 0 aliphatic rings. The first-order chi connectivity index (χ1) is 9.31. The molecule has 0 radical (unpaired) electrons. The zero-order valence-corrected chi connectivity index (χ0v) is 12.1. The summed E-state index contributed by atoms with van der Waals surface area (Å²) in [5.74, 6) is 0. The molecule has 2 rings (SSSR count). The van der Waals surface area contributed by atoms with Crippen LogP contribution in [0.4, 0.5) is 0 Å². The summed E-state index contributed by atoms with van der Waals surface area (Å²) in [6.45, 7) is 5.32. The van der Waals surface area contributed by atoms with Crippen LogP contribution < -0.4 is 5.32 Å². The molecule has 2 atom stereocenters. The Morgan fingerprint density at radius 1 is 1.21 bits per heavy atom. The predicted octanol–water partition coefficient (Wildman–Crippen LogP) is 3.31. The van der Waals surface area contributed by atoms with Crippen LogP contribution in [0.1, 0.15) is 25.5 Å². The van der Waals surface area contributed by atoms with Gasteiger partial charge in [0.05, 0.1) is 5.03 Å². The molecule has 0 aliphatic carbocycles. The van der Waals surface area contributed by atoms with Crippen LogP contribution in [-0.4, -0.2) is 21.8 Å². The van der Waals surface area contributed by atoms with E-state index in [1.807, 2.05) is 6.07 Å². The topological polar surface area (TPSA) is 37.8 Å². The fraction of sp³-hybridized carbons (Fsp3) is 0.333. The molecule has 0 fully saturated rings. The van der Waals surface area contributed by atoms with Crippen LogP contribution in [0, 0.1) is 0 Å². The summed E-state index contributed by atoms with van der Waals surface area (Å²) in [7, 11) is 0. The average Bonchev–Trinajstić information content (AvgIpc) is 2.46. The van der Waals surface area contributed by atoms with Crippen molar-refractivity contribution < 1.29 is 0 Å². The predicted molar refractivity (Wildman–Crippen MR) is 80.2 cm³/mol. The summed E-state index contributed by atoms with van der Waals surface area (Å²) in [5.41, 5.74) is 1.32. The largest absolute Gasteiger partial charge is 0.309 e. The molecule has 0 bridgehead atoms. The van der Waals surface area contributed by atoms with Gasteiger partial charge in [-0.3, -0.25) is 0 Å². The van der Waals surface area contributed by atoms with Gasteiger partial charge in [0.2, 0.25) is 0 Å². The van der Waals surface area contributed by atoms with E-state index in [-0.39, 0.29) is 0 Å². The Hall–Kier alpha value is -1.39. The van der Waals surface area contributed by atoms with E-state index < -0.39 is 0 Å². The molecule has 0 amide bonds. The normalized spacial score (nSPS) is 14.0. The van der Waals surface area contributed by atoms with E-state index >= 15 is 0 Å². The summed E-state index contributed by atoms with van der Waals surface area (Å²) >= 11 is 1.77. The highest BCUT2D eigenvalue weighted by molar-refractivity contribution is 7.99. The molecule has 1 aromatic carbocycles. The van der Waals surface area contributed by atoms with E-state index in [9.17, 15) is 0 Å². The van der Waals surface area contributed by atoms with E-state index in [2.05, 4.69) is 59.5 Å². The lowest BCUT2D eigenvalue weighted by atomic mass is 10.0. The number of rotatable bonds is 6. The first kappa shape index (κ1) is 14.0. The van der Waals surface area contributed by atoms with E-state index in [0.29, 0.717) is 11.3 Å². The van der Waals surface area contributed by atoms with Gasteiger partial charge in [-0.2, -0.15) is 0 Å². The maximum Gasteiger partial charge on any atom is 0.116 e. The van der Waals surface area contributed by atoms with Crippen LogP contribution in [0.15, 0.2) is 53.9 Å². The second-order valence-corrected chi connectivity index (χ2v) is 5.71. The van der Waals surface area contributed by atoms with Gasteiger partial charge in [-0.15, -0.1) is 11.8 Å². The van der Waals surface area contributed by atoms with Crippen molar-refractivity contribution in [2.75, 3.05) is 6.54 Å². The fourth-order valence-electron chi connectivity index (χ4n) is 2.04. The zero-order valence-electron chi connectivity index (χ0n) is 11.3. The van der Waals surface area contributed by atoms with Crippen LogP contribution in [0.3, 0.4) is 0 Å². The van der Waals surface area contributed by atoms with Crippen molar-refractivity contribution in [2.24, 2.45) is 0 Å². The van der Waals surface area contributed by atoms with Crippen LogP contribution in [0.25, 0.3) is 0 Å². The molecule has 1 N–H and O–H groups in total. The minimum absolute atomic E-state index is 0.325. The third-order valence-corrected chi connectivity index (χ3v) is 4.04. The standard InChI is InChI=1S/C15H19N3S/c1-3-17-15(13-7-5-4-6-8-13)12(2)19-14-9-10-16-11-18-14/h4-12,15,17H,3H2,1-2H3. The summed E-state index contributed by atoms with van der Waals surface area (Å²) < 4.78 is 0. The molecule has 2 aromatic rings. The van der Waals surface area contributed by atoms with Crippen LogP contribution in [0.2, 0.25) is 0 Å². The third kappa shape index (κ3) is 4.04. The van der Waals surface area contributed by atoms with Gasteiger partial charge in [-0.05, 0) is 18.2 Å². The summed E-state index contributed by atoms with van der Waals surface area (Å²) in [4.78, 5) is 8.23. The molecule has 3 nitrogen and oxygen atoms in total. The molecule has 4 heteroatoms. The van der Waals surface area contributed by atoms with Crippen molar-refractivity contribution in [3.63, 3.8) is 0 Å². The Labute approximate surface area is 118 Å². The van der Waals surface area contributed by atoms with Gasteiger partial charge in [-0.25, -0.2) is 9.97 Å². The monoisotopic (exact) mass is 273 g/mol. The molecule has 100 valence electrons. The van der Waals surface area contributed by atoms with Crippen molar-refractivity contribution in [1.82, 2.24) is 15.3 Å². The highest BCUT2D eigenvalue weighted by atomic mass is 32.2. The SMILES string of the molecule is CCNC(c1ccccc1)C(C)Sc1ccncn1. The molecular formula is C15H19N3S. The van der Waals surface area contributed by atoms with Gasteiger partial charge in [0.25, 0.3) is 0 Å². The van der Waals surface area contributed by atoms with Crippen LogP contribution in [-0.2, 0) is 0 Å². The summed E-state index contributed by atoms with van der Waals surface area (Å²) in [6, 6.07) is 12.8. The highest BCUT2D eigenvalue weighted by Crippen LogP contribution is 2.30. The number of benzene rings is 1. The quantitative estimate of drug-likeness (QED) is 0.647. The second kappa shape index (κ2) is 7.26. The number of thioether (sulfide) groups is 1. The Kier molecular flexibility index (Phi) is 5.36. The molecule has 2 unspecified atom stereocenters. The van der Waals surface area contributed by atoms with Gasteiger partial charge >= 0.3 is 0 Å². The molecule has 0 saturated carbocycles. The molecular weight excluding hydrogens is 254 g/mol. The Balaban J connectivity index is 2.11. The first-order valence-electron chi connectivity index (χ1n) is 6.52. The molecule has 19 heavy (non-hydrogen) atoms. The number of aromatic nitrogens is 2. The van der Waals surface area contributed by atoms with Crippen molar-refractivity contribution in [1.29, 1.82) is 0 Å². The fourth-order valence-corrected chi connectivity index (χ4v) is 3.06. The van der Waals surface area contributed by atoms with Crippen molar-refractivity contribution in [2.45, 2.75) is 30.2 Å². The number of hydrogen-bond donors (Lipinski definition) is 1. The van der Waals surface area contributed by atoms with E-state index in [1.165, 1.54) is 5.56 Å². The lowest BCUT2D eigenvalue weighted by Crippen LogP contribution is -2.28.